The molecule has 0 saturated carbocycles. The minimum absolute atomic E-state index is 0.503. The van der Waals surface area contributed by atoms with Crippen LogP contribution in [0.2, 0.25) is 0 Å². The molecule has 80 valence electrons. The number of rotatable bonds is 5. The van der Waals surface area contributed by atoms with E-state index >= 15 is 0 Å². The zero-order chi connectivity index (χ0) is 10.6. The minimum atomic E-state index is 0.503. The monoisotopic (exact) mass is 213 g/mol. The van der Waals surface area contributed by atoms with Crippen molar-refractivity contribution in [2.24, 2.45) is 5.73 Å². The maximum atomic E-state index is 5.46. The summed E-state index contributed by atoms with van der Waals surface area (Å²) in [6.07, 6.45) is 2.02. The lowest BCUT2D eigenvalue weighted by Gasteiger charge is -2.19. The Morgan fingerprint density at radius 1 is 1.57 bits per heavy atom. The number of hydrogen-bond donors (Lipinski definition) is 1. The van der Waals surface area contributed by atoms with E-state index < -0.39 is 0 Å². The Balaban J connectivity index is 2.58. The number of nitrogens with two attached hydrogens (primary N) is 1. The summed E-state index contributed by atoms with van der Waals surface area (Å²) in [7, 11) is 2.08. The fourth-order valence-electron chi connectivity index (χ4n) is 1.08. The fraction of sp³-hybridized carbons (Fsp3) is 0.700. The Morgan fingerprint density at radius 3 is 2.86 bits per heavy atom. The molecule has 1 heterocycles. The molecule has 0 amide bonds. The first-order valence-electron chi connectivity index (χ1n) is 5.02. The van der Waals surface area contributed by atoms with E-state index in [1.807, 2.05) is 0 Å². The molecule has 0 aliphatic heterocycles. The van der Waals surface area contributed by atoms with Crippen LogP contribution in [-0.4, -0.2) is 24.6 Å². The minimum Gasteiger partial charge on any atom is -0.349 e. The maximum Gasteiger partial charge on any atom is 0.185 e. The third-order valence-electron chi connectivity index (χ3n) is 2.25. The van der Waals surface area contributed by atoms with Gasteiger partial charge in [0.2, 0.25) is 0 Å². The predicted octanol–water partition coefficient (Wildman–Crippen LogP) is 1.88. The molecule has 0 aliphatic rings. The van der Waals surface area contributed by atoms with E-state index in [9.17, 15) is 0 Å². The van der Waals surface area contributed by atoms with Gasteiger partial charge in [-0.1, -0.05) is 0 Å². The van der Waals surface area contributed by atoms with Crippen LogP contribution in [-0.2, 0) is 6.42 Å². The van der Waals surface area contributed by atoms with Crippen molar-refractivity contribution in [1.82, 2.24) is 4.98 Å². The highest BCUT2D eigenvalue weighted by Gasteiger charge is 2.09. The SMILES string of the molecule is CC(C)N(C)c1nc(CCCN)cs1. The lowest BCUT2D eigenvalue weighted by molar-refractivity contribution is 0.746. The van der Waals surface area contributed by atoms with Crippen LogP contribution >= 0.6 is 11.3 Å². The van der Waals surface area contributed by atoms with Gasteiger partial charge in [-0.15, -0.1) is 11.3 Å². The number of aryl methyl sites for hydroxylation is 1. The van der Waals surface area contributed by atoms with Gasteiger partial charge in [-0.3, -0.25) is 0 Å². The molecule has 0 unspecified atom stereocenters. The average molecular weight is 213 g/mol. The van der Waals surface area contributed by atoms with Gasteiger partial charge in [-0.2, -0.15) is 0 Å². The van der Waals surface area contributed by atoms with Gasteiger partial charge in [0.1, 0.15) is 0 Å². The summed E-state index contributed by atoms with van der Waals surface area (Å²) in [5.74, 6) is 0. The second kappa shape index (κ2) is 5.32. The summed E-state index contributed by atoms with van der Waals surface area (Å²) in [6, 6.07) is 0.503. The van der Waals surface area contributed by atoms with Crippen LogP contribution < -0.4 is 10.6 Å². The van der Waals surface area contributed by atoms with Gasteiger partial charge in [0, 0.05) is 18.5 Å². The molecule has 0 radical (unpaired) electrons. The molecule has 0 aliphatic carbocycles. The van der Waals surface area contributed by atoms with E-state index in [4.69, 9.17) is 5.73 Å². The van der Waals surface area contributed by atoms with Crippen molar-refractivity contribution in [2.45, 2.75) is 32.7 Å². The van der Waals surface area contributed by atoms with Crippen molar-refractivity contribution >= 4 is 16.5 Å². The number of hydrogen-bond acceptors (Lipinski definition) is 4. The molecule has 0 fully saturated rings. The van der Waals surface area contributed by atoms with Crippen molar-refractivity contribution in [2.75, 3.05) is 18.5 Å². The van der Waals surface area contributed by atoms with Crippen LogP contribution in [0.4, 0.5) is 5.13 Å². The van der Waals surface area contributed by atoms with Crippen LogP contribution in [0.3, 0.4) is 0 Å². The molecular formula is C10H19N3S. The molecule has 0 bridgehead atoms. The number of nitrogens with zero attached hydrogens (tertiary/aromatic N) is 2. The Bertz CT molecular complexity index is 270. The third-order valence-corrected chi connectivity index (χ3v) is 3.23. The van der Waals surface area contributed by atoms with E-state index in [2.05, 4.69) is 36.2 Å². The van der Waals surface area contributed by atoms with Gasteiger partial charge < -0.3 is 10.6 Å². The predicted molar refractivity (Wildman–Crippen MR) is 63.0 cm³/mol. The zero-order valence-electron chi connectivity index (χ0n) is 9.16. The molecule has 1 rings (SSSR count). The van der Waals surface area contributed by atoms with E-state index in [-0.39, 0.29) is 0 Å². The number of anilines is 1. The molecule has 3 nitrogen and oxygen atoms in total. The van der Waals surface area contributed by atoms with Gasteiger partial charge >= 0.3 is 0 Å². The highest BCUT2D eigenvalue weighted by atomic mass is 32.1. The first kappa shape index (κ1) is 11.5. The second-order valence-corrected chi connectivity index (χ2v) is 4.55. The summed E-state index contributed by atoms with van der Waals surface area (Å²) in [5.41, 5.74) is 6.63. The summed E-state index contributed by atoms with van der Waals surface area (Å²) in [4.78, 5) is 6.75. The Kier molecular flexibility index (Phi) is 4.35. The smallest absolute Gasteiger partial charge is 0.185 e. The maximum absolute atomic E-state index is 5.46. The van der Waals surface area contributed by atoms with Gasteiger partial charge in [-0.25, -0.2) is 4.98 Å². The van der Waals surface area contributed by atoms with Crippen molar-refractivity contribution in [1.29, 1.82) is 0 Å². The molecule has 1 aromatic heterocycles. The summed E-state index contributed by atoms with van der Waals surface area (Å²) >= 11 is 1.71. The Morgan fingerprint density at radius 2 is 2.29 bits per heavy atom. The fourth-order valence-corrected chi connectivity index (χ4v) is 2.04. The molecule has 14 heavy (non-hydrogen) atoms. The standard InChI is InChI=1S/C10H19N3S/c1-8(2)13(3)10-12-9(7-14-10)5-4-6-11/h7-8H,4-6,11H2,1-3H3. The summed E-state index contributed by atoms with van der Waals surface area (Å²) in [6.45, 7) is 5.08. The van der Waals surface area contributed by atoms with Gasteiger partial charge in [-0.05, 0) is 33.2 Å². The lowest BCUT2D eigenvalue weighted by Crippen LogP contribution is -2.25. The van der Waals surface area contributed by atoms with Gasteiger partial charge in [0.25, 0.3) is 0 Å². The van der Waals surface area contributed by atoms with Crippen molar-refractivity contribution in [3.05, 3.63) is 11.1 Å². The molecule has 0 aromatic carbocycles. The largest absolute Gasteiger partial charge is 0.349 e. The molecule has 2 N–H and O–H groups in total. The number of aromatic nitrogens is 1. The van der Waals surface area contributed by atoms with Gasteiger partial charge in [0.05, 0.1) is 5.69 Å². The number of thiazole rings is 1. The van der Waals surface area contributed by atoms with Crippen molar-refractivity contribution < 1.29 is 0 Å². The quantitative estimate of drug-likeness (QED) is 0.812. The van der Waals surface area contributed by atoms with Crippen LogP contribution in [0.25, 0.3) is 0 Å². The van der Waals surface area contributed by atoms with Crippen molar-refractivity contribution in [3.8, 4) is 0 Å². The van der Waals surface area contributed by atoms with Crippen LogP contribution in [0, 0.1) is 0 Å². The van der Waals surface area contributed by atoms with Gasteiger partial charge in [0.15, 0.2) is 5.13 Å². The summed E-state index contributed by atoms with van der Waals surface area (Å²) < 4.78 is 0. The van der Waals surface area contributed by atoms with Crippen LogP contribution in [0.1, 0.15) is 26.0 Å². The molecule has 0 saturated heterocycles. The third kappa shape index (κ3) is 2.96. The normalized spacial score (nSPS) is 10.9. The second-order valence-electron chi connectivity index (χ2n) is 3.72. The topological polar surface area (TPSA) is 42.2 Å². The van der Waals surface area contributed by atoms with E-state index in [1.165, 1.54) is 5.69 Å². The Hall–Kier alpha value is -0.610. The average Bonchev–Trinajstić information content (AvgIpc) is 2.61. The van der Waals surface area contributed by atoms with E-state index in [1.54, 1.807) is 11.3 Å². The molecule has 0 atom stereocenters. The molecule has 0 spiro atoms. The van der Waals surface area contributed by atoms with Crippen molar-refractivity contribution in [3.63, 3.8) is 0 Å². The molecule has 4 heteroatoms. The summed E-state index contributed by atoms with van der Waals surface area (Å²) in [5, 5.41) is 3.23. The molecular weight excluding hydrogens is 194 g/mol. The first-order valence-corrected chi connectivity index (χ1v) is 5.90. The van der Waals surface area contributed by atoms with Crippen LogP contribution in [0.5, 0.6) is 0 Å². The van der Waals surface area contributed by atoms with E-state index in [0.717, 1.165) is 24.5 Å². The molecule has 1 aromatic rings. The van der Waals surface area contributed by atoms with Crippen LogP contribution in [0.15, 0.2) is 5.38 Å². The lowest BCUT2D eigenvalue weighted by atomic mass is 10.2. The first-order chi connectivity index (χ1) is 6.65. The highest BCUT2D eigenvalue weighted by molar-refractivity contribution is 7.13. The van der Waals surface area contributed by atoms with E-state index in [0.29, 0.717) is 6.04 Å². The Labute approximate surface area is 89.9 Å². The zero-order valence-corrected chi connectivity index (χ0v) is 9.97. The highest BCUT2D eigenvalue weighted by Crippen LogP contribution is 2.21.